The summed E-state index contributed by atoms with van der Waals surface area (Å²) in [5, 5.41) is 19.9. The summed E-state index contributed by atoms with van der Waals surface area (Å²) in [4.78, 5) is 39.2. The number of anilines is 1. The number of aryl methyl sites for hydroxylation is 1. The molecule has 0 saturated carbocycles. The number of rotatable bonds is 5. The summed E-state index contributed by atoms with van der Waals surface area (Å²) in [5.41, 5.74) is 4.62. The number of amides is 2. The molecule has 0 unspecified atom stereocenters. The topological polar surface area (TPSA) is 140 Å². The van der Waals surface area contributed by atoms with Crippen LogP contribution in [0.25, 0.3) is 0 Å². The van der Waals surface area contributed by atoms with Crippen molar-refractivity contribution in [3.8, 4) is 0 Å². The molecular weight excluding hydrogens is 422 g/mol. The molecule has 2 aromatic heterocycles. The number of aromatic nitrogens is 1. The first-order valence-electron chi connectivity index (χ1n) is 9.39. The van der Waals surface area contributed by atoms with Gasteiger partial charge in [0.2, 0.25) is 0 Å². The molecular formula is C20H17N5O5S. The number of fused-ring (bicyclic) bond motifs is 1. The molecule has 2 N–H and O–H groups in total. The highest BCUT2D eigenvalue weighted by Gasteiger charge is 2.28. The monoisotopic (exact) mass is 439 g/mol. The first kappa shape index (κ1) is 20.4. The minimum Gasteiger partial charge on any atom is -0.455 e. The van der Waals surface area contributed by atoms with Crippen molar-refractivity contribution in [3.05, 3.63) is 74.2 Å². The second-order valence-electron chi connectivity index (χ2n) is 6.80. The maximum absolute atomic E-state index is 12.6. The molecule has 0 saturated heterocycles. The van der Waals surface area contributed by atoms with E-state index in [1.165, 1.54) is 35.6 Å². The van der Waals surface area contributed by atoms with Crippen molar-refractivity contribution < 1.29 is 18.9 Å². The average molecular weight is 439 g/mol. The number of hydrogen-bond donors (Lipinski definition) is 2. The van der Waals surface area contributed by atoms with Crippen LogP contribution >= 0.6 is 11.3 Å². The number of carbonyl (C=O) groups excluding carboxylic acids is 2. The predicted molar refractivity (Wildman–Crippen MR) is 114 cm³/mol. The summed E-state index contributed by atoms with van der Waals surface area (Å²) in [6, 6.07) is 5.25. The lowest BCUT2D eigenvalue weighted by Gasteiger charge is -2.13. The molecule has 2 heterocycles. The van der Waals surface area contributed by atoms with Crippen LogP contribution in [-0.4, -0.2) is 27.4 Å². The molecule has 11 heteroatoms. The summed E-state index contributed by atoms with van der Waals surface area (Å²) in [6.45, 7) is 1.78. The standard InChI is InChI=1S/C20H17N5O5S/c1-11-16-14(23-24-18(26)12-5-7-13(8-6-12)25(28)29)3-2-4-15(16)30-17(11)19(27)22-20-21-9-10-31-20/h5-10H,2-4H2,1H3,(H,24,26)(H,21,22,27)/b23-14+. The number of benzene rings is 1. The maximum Gasteiger partial charge on any atom is 0.293 e. The molecule has 158 valence electrons. The van der Waals surface area contributed by atoms with E-state index in [-0.39, 0.29) is 17.0 Å². The lowest BCUT2D eigenvalue weighted by atomic mass is 9.93. The van der Waals surface area contributed by atoms with Gasteiger partial charge in [-0.2, -0.15) is 5.10 Å². The first-order chi connectivity index (χ1) is 14.9. The highest BCUT2D eigenvalue weighted by molar-refractivity contribution is 7.13. The van der Waals surface area contributed by atoms with Crippen LogP contribution in [0.4, 0.5) is 10.8 Å². The largest absolute Gasteiger partial charge is 0.455 e. The molecule has 4 rings (SSSR count). The Hall–Kier alpha value is -3.86. The number of nitro benzene ring substituents is 1. The minimum absolute atomic E-state index is 0.0997. The number of nitro groups is 1. The second-order valence-corrected chi connectivity index (χ2v) is 7.70. The van der Waals surface area contributed by atoms with Crippen molar-refractivity contribution >= 4 is 39.7 Å². The molecule has 0 radical (unpaired) electrons. The Labute approximate surface area is 180 Å². The molecule has 1 aliphatic carbocycles. The third-order valence-corrected chi connectivity index (χ3v) is 5.51. The van der Waals surface area contributed by atoms with Crippen LogP contribution in [0.3, 0.4) is 0 Å². The van der Waals surface area contributed by atoms with Crippen LogP contribution in [0, 0.1) is 17.0 Å². The third kappa shape index (κ3) is 4.21. The predicted octanol–water partition coefficient (Wildman–Crippen LogP) is 3.68. The molecule has 3 aromatic rings. The van der Waals surface area contributed by atoms with E-state index in [1.807, 2.05) is 0 Å². The van der Waals surface area contributed by atoms with E-state index in [4.69, 9.17) is 4.42 Å². The van der Waals surface area contributed by atoms with E-state index >= 15 is 0 Å². The van der Waals surface area contributed by atoms with Crippen molar-refractivity contribution in [1.29, 1.82) is 0 Å². The smallest absolute Gasteiger partial charge is 0.293 e. The second kappa shape index (κ2) is 8.48. The molecule has 0 atom stereocenters. The van der Waals surface area contributed by atoms with E-state index in [9.17, 15) is 19.7 Å². The van der Waals surface area contributed by atoms with Crippen LogP contribution in [0.15, 0.2) is 45.4 Å². The van der Waals surface area contributed by atoms with Crippen LogP contribution in [-0.2, 0) is 6.42 Å². The first-order valence-corrected chi connectivity index (χ1v) is 10.3. The highest BCUT2D eigenvalue weighted by Crippen LogP contribution is 2.30. The van der Waals surface area contributed by atoms with E-state index in [2.05, 4.69) is 20.8 Å². The normalized spacial score (nSPS) is 14.2. The summed E-state index contributed by atoms with van der Waals surface area (Å²) < 4.78 is 5.81. The summed E-state index contributed by atoms with van der Waals surface area (Å²) in [6.07, 6.45) is 3.63. The van der Waals surface area contributed by atoms with Gasteiger partial charge in [0, 0.05) is 46.8 Å². The van der Waals surface area contributed by atoms with Crippen LogP contribution in [0.5, 0.6) is 0 Å². The Morgan fingerprint density at radius 3 is 2.68 bits per heavy atom. The lowest BCUT2D eigenvalue weighted by molar-refractivity contribution is -0.384. The Morgan fingerprint density at radius 1 is 1.23 bits per heavy atom. The van der Waals surface area contributed by atoms with Crippen molar-refractivity contribution in [2.24, 2.45) is 5.10 Å². The van der Waals surface area contributed by atoms with E-state index in [0.717, 1.165) is 12.0 Å². The third-order valence-electron chi connectivity index (χ3n) is 4.82. The molecule has 1 aliphatic rings. The summed E-state index contributed by atoms with van der Waals surface area (Å²) in [7, 11) is 0. The van der Waals surface area contributed by atoms with Gasteiger partial charge in [0.25, 0.3) is 17.5 Å². The summed E-state index contributed by atoms with van der Waals surface area (Å²) >= 11 is 1.31. The van der Waals surface area contributed by atoms with Gasteiger partial charge in [-0.1, -0.05) is 0 Å². The zero-order valence-electron chi connectivity index (χ0n) is 16.4. The van der Waals surface area contributed by atoms with Crippen molar-refractivity contribution in [2.45, 2.75) is 26.2 Å². The van der Waals surface area contributed by atoms with Crippen molar-refractivity contribution in [2.75, 3.05) is 5.32 Å². The number of non-ortho nitro benzene ring substituents is 1. The van der Waals surface area contributed by atoms with Gasteiger partial charge in [-0.15, -0.1) is 11.3 Å². The Kier molecular flexibility index (Phi) is 5.58. The average Bonchev–Trinajstić information content (AvgIpc) is 3.40. The fourth-order valence-electron chi connectivity index (χ4n) is 3.35. The maximum atomic E-state index is 12.6. The Morgan fingerprint density at radius 2 is 2.00 bits per heavy atom. The van der Waals surface area contributed by atoms with Gasteiger partial charge >= 0.3 is 0 Å². The number of thiazole rings is 1. The summed E-state index contributed by atoms with van der Waals surface area (Å²) in [5.74, 6) is -0.0404. The quantitative estimate of drug-likeness (QED) is 0.459. The molecule has 0 fully saturated rings. The molecule has 10 nitrogen and oxygen atoms in total. The van der Waals surface area contributed by atoms with Gasteiger partial charge in [0.05, 0.1) is 10.6 Å². The van der Waals surface area contributed by atoms with Crippen LogP contribution in [0.1, 0.15) is 50.6 Å². The molecule has 31 heavy (non-hydrogen) atoms. The van der Waals surface area contributed by atoms with Gasteiger partial charge in [0.1, 0.15) is 5.76 Å². The number of hydrogen-bond acceptors (Lipinski definition) is 8. The van der Waals surface area contributed by atoms with Crippen LogP contribution in [0.2, 0.25) is 0 Å². The van der Waals surface area contributed by atoms with Crippen molar-refractivity contribution in [1.82, 2.24) is 10.4 Å². The zero-order valence-corrected chi connectivity index (χ0v) is 17.2. The molecule has 0 bridgehead atoms. The number of nitrogens with one attached hydrogen (secondary N) is 2. The Balaban J connectivity index is 1.54. The SMILES string of the molecule is Cc1c(C(=O)Nc2nccs2)oc2c1/C(=N/NC(=O)c1ccc([N+](=O)[O-])cc1)CCC2. The molecule has 0 aliphatic heterocycles. The Bertz CT molecular complexity index is 1180. The minimum atomic E-state index is -0.532. The van der Waals surface area contributed by atoms with E-state index in [0.29, 0.717) is 35.0 Å². The van der Waals surface area contributed by atoms with Gasteiger partial charge in [-0.05, 0) is 31.9 Å². The van der Waals surface area contributed by atoms with Gasteiger partial charge < -0.3 is 4.42 Å². The fourth-order valence-corrected chi connectivity index (χ4v) is 3.88. The molecule has 0 spiro atoms. The number of carbonyl (C=O) groups is 2. The number of furan rings is 1. The van der Waals surface area contributed by atoms with Gasteiger partial charge in [-0.3, -0.25) is 25.0 Å². The highest BCUT2D eigenvalue weighted by atomic mass is 32.1. The van der Waals surface area contributed by atoms with E-state index in [1.54, 1.807) is 18.5 Å². The van der Waals surface area contributed by atoms with E-state index < -0.39 is 16.7 Å². The van der Waals surface area contributed by atoms with Gasteiger partial charge in [0.15, 0.2) is 10.9 Å². The number of hydrazone groups is 1. The zero-order chi connectivity index (χ0) is 22.0. The fraction of sp³-hybridized carbons (Fsp3) is 0.200. The van der Waals surface area contributed by atoms with Crippen molar-refractivity contribution in [3.63, 3.8) is 0 Å². The van der Waals surface area contributed by atoms with Crippen LogP contribution < -0.4 is 10.7 Å². The molecule has 1 aromatic carbocycles. The lowest BCUT2D eigenvalue weighted by Crippen LogP contribution is -2.22. The van der Waals surface area contributed by atoms with Gasteiger partial charge in [-0.25, -0.2) is 10.4 Å². The number of nitrogens with zero attached hydrogens (tertiary/aromatic N) is 3. The molecule has 2 amide bonds.